The lowest BCUT2D eigenvalue weighted by Crippen LogP contribution is -2.46. The van der Waals surface area contributed by atoms with Crippen molar-refractivity contribution in [2.24, 2.45) is 5.92 Å². The highest BCUT2D eigenvalue weighted by molar-refractivity contribution is 5.77. The highest BCUT2D eigenvalue weighted by Crippen LogP contribution is 2.42. The van der Waals surface area contributed by atoms with E-state index in [1.807, 2.05) is 0 Å². The number of benzene rings is 1. The Morgan fingerprint density at radius 1 is 1.00 bits per heavy atom. The Morgan fingerprint density at radius 2 is 1.79 bits per heavy atom. The summed E-state index contributed by atoms with van der Waals surface area (Å²) in [6, 6.07) is 9.57. The number of hydrogen-bond donors (Lipinski definition) is 1. The first-order chi connectivity index (χ1) is 14.3. The van der Waals surface area contributed by atoms with E-state index in [9.17, 15) is 9.90 Å². The van der Waals surface area contributed by atoms with Gasteiger partial charge in [-0.05, 0) is 62.1 Å². The average Bonchev–Trinajstić information content (AvgIpc) is 2.78. The molecule has 0 radical (unpaired) electrons. The number of aliphatic hydroxyl groups excluding tert-OH is 1. The third-order valence-electron chi connectivity index (χ3n) is 7.57. The molecule has 1 N–H and O–H groups in total. The van der Waals surface area contributed by atoms with Crippen molar-refractivity contribution in [1.82, 2.24) is 9.80 Å². The van der Waals surface area contributed by atoms with Gasteiger partial charge in [-0.25, -0.2) is 0 Å². The summed E-state index contributed by atoms with van der Waals surface area (Å²) in [5.74, 6) is 0.953. The van der Waals surface area contributed by atoms with Crippen LogP contribution in [0, 0.1) is 5.92 Å². The fraction of sp³-hybridized carbons (Fsp3) is 0.720. The lowest BCUT2D eigenvalue weighted by atomic mass is 9.77. The predicted molar refractivity (Wildman–Crippen MR) is 117 cm³/mol. The van der Waals surface area contributed by atoms with Crippen LogP contribution < -0.4 is 0 Å². The Labute approximate surface area is 176 Å². The van der Waals surface area contributed by atoms with Crippen molar-refractivity contribution < 1.29 is 9.90 Å². The summed E-state index contributed by atoms with van der Waals surface area (Å²) in [7, 11) is 0. The number of piperidine rings is 1. The van der Waals surface area contributed by atoms with Crippen LogP contribution >= 0.6 is 0 Å². The number of rotatable bonds is 6. The maximum atomic E-state index is 13.4. The van der Waals surface area contributed by atoms with Gasteiger partial charge in [-0.1, -0.05) is 49.9 Å². The second kappa shape index (κ2) is 10.1. The van der Waals surface area contributed by atoms with Crippen molar-refractivity contribution in [3.8, 4) is 0 Å². The number of carbonyl (C=O) groups excluding carboxylic acids is 1. The van der Waals surface area contributed by atoms with Gasteiger partial charge in [0.1, 0.15) is 0 Å². The molecule has 4 rings (SSSR count). The van der Waals surface area contributed by atoms with E-state index in [1.54, 1.807) is 0 Å². The van der Waals surface area contributed by atoms with Crippen LogP contribution in [0.3, 0.4) is 0 Å². The summed E-state index contributed by atoms with van der Waals surface area (Å²) in [6.45, 7) is 3.05. The zero-order valence-corrected chi connectivity index (χ0v) is 17.9. The summed E-state index contributed by atoms with van der Waals surface area (Å²) >= 11 is 0. The van der Waals surface area contributed by atoms with Gasteiger partial charge in [0.15, 0.2) is 0 Å². The second-order valence-corrected chi connectivity index (χ2v) is 9.33. The zero-order chi connectivity index (χ0) is 20.1. The molecule has 1 aromatic rings. The van der Waals surface area contributed by atoms with Crippen molar-refractivity contribution in [2.75, 3.05) is 26.2 Å². The molecule has 1 aliphatic carbocycles. The molecule has 1 saturated carbocycles. The molecule has 2 unspecified atom stereocenters. The van der Waals surface area contributed by atoms with Crippen molar-refractivity contribution in [1.29, 1.82) is 0 Å². The lowest BCUT2D eigenvalue weighted by Gasteiger charge is -2.43. The van der Waals surface area contributed by atoms with E-state index in [4.69, 9.17) is 0 Å². The van der Waals surface area contributed by atoms with Gasteiger partial charge in [-0.2, -0.15) is 0 Å². The molecule has 160 valence electrons. The van der Waals surface area contributed by atoms with Gasteiger partial charge in [-0.15, -0.1) is 0 Å². The van der Waals surface area contributed by atoms with Gasteiger partial charge in [0, 0.05) is 32.2 Å². The number of fused-ring (bicyclic) bond motifs is 1. The summed E-state index contributed by atoms with van der Waals surface area (Å²) in [6.07, 6.45) is 12.6. The van der Waals surface area contributed by atoms with Gasteiger partial charge in [-0.3, -0.25) is 9.69 Å². The van der Waals surface area contributed by atoms with Gasteiger partial charge >= 0.3 is 0 Å². The normalized spacial score (nSPS) is 26.3. The molecule has 0 bridgehead atoms. The number of aliphatic hydroxyl groups is 1. The van der Waals surface area contributed by atoms with Crippen molar-refractivity contribution in [3.05, 3.63) is 35.4 Å². The molecule has 2 atom stereocenters. The Hall–Kier alpha value is -1.39. The van der Waals surface area contributed by atoms with Crippen LogP contribution in [0.1, 0.15) is 81.4 Å². The van der Waals surface area contributed by atoms with Crippen LogP contribution in [-0.4, -0.2) is 53.1 Å². The van der Waals surface area contributed by atoms with Crippen LogP contribution in [0.2, 0.25) is 0 Å². The molecule has 1 amide bonds. The van der Waals surface area contributed by atoms with E-state index in [-0.39, 0.29) is 12.6 Å². The van der Waals surface area contributed by atoms with E-state index in [1.165, 1.54) is 56.1 Å². The van der Waals surface area contributed by atoms with Gasteiger partial charge < -0.3 is 10.0 Å². The third kappa shape index (κ3) is 4.86. The molecular weight excluding hydrogens is 360 g/mol. The van der Waals surface area contributed by atoms with Gasteiger partial charge in [0.05, 0.1) is 6.04 Å². The Morgan fingerprint density at radius 3 is 2.62 bits per heavy atom. The molecule has 2 aliphatic heterocycles. The number of hydrogen-bond acceptors (Lipinski definition) is 3. The van der Waals surface area contributed by atoms with Crippen LogP contribution in [0.5, 0.6) is 0 Å². The van der Waals surface area contributed by atoms with E-state index in [0.717, 1.165) is 38.9 Å². The van der Waals surface area contributed by atoms with E-state index in [0.29, 0.717) is 24.3 Å². The third-order valence-corrected chi connectivity index (χ3v) is 7.57. The predicted octanol–water partition coefficient (Wildman–Crippen LogP) is 4.32. The maximum Gasteiger partial charge on any atom is 0.224 e. The molecule has 2 heterocycles. The second-order valence-electron chi connectivity index (χ2n) is 9.33. The number of nitrogens with zero attached hydrogens (tertiary/aromatic N) is 2. The quantitative estimate of drug-likeness (QED) is 0.776. The minimum Gasteiger partial charge on any atom is -0.396 e. The summed E-state index contributed by atoms with van der Waals surface area (Å²) in [5, 5.41) is 9.39. The molecule has 0 spiro atoms. The van der Waals surface area contributed by atoms with Crippen molar-refractivity contribution >= 4 is 5.91 Å². The molecular formula is C25H38N2O2. The SMILES string of the molecule is O=C(CCN1CCCCC1CCO)N1CCc2ccccc2C1C1CCCCC1. The van der Waals surface area contributed by atoms with Crippen LogP contribution in [0.4, 0.5) is 0 Å². The standard InChI is InChI=1S/C25H38N2O2/c28-19-15-22-11-6-7-16-26(22)17-14-24(29)27-18-13-20-8-4-5-12-23(20)25(27)21-9-2-1-3-10-21/h4-5,8,12,21-22,25,28H,1-3,6-7,9-11,13-19H2. The van der Waals surface area contributed by atoms with Crippen LogP contribution in [0.15, 0.2) is 24.3 Å². The maximum absolute atomic E-state index is 13.4. The molecule has 1 saturated heterocycles. The largest absolute Gasteiger partial charge is 0.396 e. The number of amides is 1. The molecule has 0 aromatic heterocycles. The Bertz CT molecular complexity index is 669. The number of carbonyl (C=O) groups is 1. The van der Waals surface area contributed by atoms with Crippen LogP contribution in [0.25, 0.3) is 0 Å². The molecule has 4 nitrogen and oxygen atoms in total. The Kier molecular flexibility index (Phi) is 7.25. The monoisotopic (exact) mass is 398 g/mol. The van der Waals surface area contributed by atoms with Gasteiger partial charge in [0.2, 0.25) is 5.91 Å². The van der Waals surface area contributed by atoms with Crippen molar-refractivity contribution in [2.45, 2.75) is 82.7 Å². The highest BCUT2D eigenvalue weighted by Gasteiger charge is 2.36. The van der Waals surface area contributed by atoms with Crippen LogP contribution in [-0.2, 0) is 11.2 Å². The van der Waals surface area contributed by atoms with E-state index >= 15 is 0 Å². The first kappa shape index (κ1) is 20.9. The van der Waals surface area contributed by atoms with E-state index < -0.39 is 0 Å². The Balaban J connectivity index is 1.46. The summed E-state index contributed by atoms with van der Waals surface area (Å²) in [5.41, 5.74) is 2.86. The lowest BCUT2D eigenvalue weighted by molar-refractivity contribution is -0.136. The molecule has 2 fully saturated rings. The summed E-state index contributed by atoms with van der Waals surface area (Å²) in [4.78, 5) is 18.1. The molecule has 3 aliphatic rings. The van der Waals surface area contributed by atoms with E-state index in [2.05, 4.69) is 34.1 Å². The minimum atomic E-state index is 0.252. The first-order valence-electron chi connectivity index (χ1n) is 12.0. The highest BCUT2D eigenvalue weighted by atomic mass is 16.3. The van der Waals surface area contributed by atoms with Gasteiger partial charge in [0.25, 0.3) is 0 Å². The fourth-order valence-electron chi connectivity index (χ4n) is 6.05. The smallest absolute Gasteiger partial charge is 0.224 e. The molecule has 4 heteroatoms. The van der Waals surface area contributed by atoms with Crippen molar-refractivity contribution in [3.63, 3.8) is 0 Å². The molecule has 29 heavy (non-hydrogen) atoms. The average molecular weight is 399 g/mol. The molecule has 1 aromatic carbocycles. The topological polar surface area (TPSA) is 43.8 Å². The summed E-state index contributed by atoms with van der Waals surface area (Å²) < 4.78 is 0. The zero-order valence-electron chi connectivity index (χ0n) is 17.9. The minimum absolute atomic E-state index is 0.252. The number of likely N-dealkylation sites (tertiary alicyclic amines) is 1. The fourth-order valence-corrected chi connectivity index (χ4v) is 6.05. The first-order valence-corrected chi connectivity index (χ1v) is 12.0.